The van der Waals surface area contributed by atoms with Crippen molar-refractivity contribution >= 4 is 5.91 Å². The Kier molecular flexibility index (Phi) is 3.28. The molecule has 4 nitrogen and oxygen atoms in total. The molecule has 0 aliphatic rings. The highest BCUT2D eigenvalue weighted by atomic mass is 16.2. The van der Waals surface area contributed by atoms with E-state index in [0.29, 0.717) is 5.69 Å². The second-order valence-corrected chi connectivity index (χ2v) is 4.06. The molecule has 0 atom stereocenters. The van der Waals surface area contributed by atoms with E-state index in [1.165, 1.54) is 0 Å². The van der Waals surface area contributed by atoms with Gasteiger partial charge in [0.25, 0.3) is 5.91 Å². The fourth-order valence-corrected chi connectivity index (χ4v) is 1.44. The Labute approximate surface area is 84.1 Å². The predicted molar refractivity (Wildman–Crippen MR) is 55.0 cm³/mol. The summed E-state index contributed by atoms with van der Waals surface area (Å²) in [5, 5.41) is 9.32. The van der Waals surface area contributed by atoms with Gasteiger partial charge in [-0.3, -0.25) is 9.89 Å². The molecular formula is C10H17N3O. The number of hydrogen-bond acceptors (Lipinski definition) is 2. The molecule has 78 valence electrons. The molecule has 0 aliphatic carbocycles. The quantitative estimate of drug-likeness (QED) is 0.768. The first-order valence-electron chi connectivity index (χ1n) is 4.87. The molecule has 0 radical (unpaired) electrons. The van der Waals surface area contributed by atoms with E-state index >= 15 is 0 Å². The summed E-state index contributed by atoms with van der Waals surface area (Å²) < 4.78 is 0. The molecule has 1 amide bonds. The van der Waals surface area contributed by atoms with Crippen molar-refractivity contribution in [2.75, 3.05) is 0 Å². The molecule has 14 heavy (non-hydrogen) atoms. The van der Waals surface area contributed by atoms with Crippen LogP contribution in [0.25, 0.3) is 0 Å². The lowest BCUT2D eigenvalue weighted by Gasteiger charge is -2.25. The minimum Gasteiger partial charge on any atom is -0.346 e. The highest BCUT2D eigenvalue weighted by Gasteiger charge is 2.20. The summed E-state index contributed by atoms with van der Waals surface area (Å²) in [6.45, 7) is 6.14. The average molecular weight is 195 g/mol. The maximum Gasteiger partial charge on any atom is 0.269 e. The van der Waals surface area contributed by atoms with Crippen molar-refractivity contribution < 1.29 is 4.79 Å². The van der Waals surface area contributed by atoms with Crippen LogP contribution in [0, 0.1) is 0 Å². The van der Waals surface area contributed by atoms with Crippen molar-refractivity contribution in [3.05, 3.63) is 18.0 Å². The molecule has 1 heterocycles. The molecule has 0 aromatic carbocycles. The Morgan fingerprint density at radius 2 is 2.36 bits per heavy atom. The Hall–Kier alpha value is -1.32. The third-order valence-electron chi connectivity index (χ3n) is 2.07. The van der Waals surface area contributed by atoms with E-state index in [2.05, 4.69) is 22.4 Å². The van der Waals surface area contributed by atoms with E-state index in [9.17, 15) is 4.79 Å². The predicted octanol–water partition coefficient (Wildman–Crippen LogP) is 1.72. The van der Waals surface area contributed by atoms with Crippen molar-refractivity contribution in [2.45, 2.75) is 39.2 Å². The largest absolute Gasteiger partial charge is 0.346 e. The molecule has 0 spiro atoms. The van der Waals surface area contributed by atoms with E-state index in [0.717, 1.165) is 12.8 Å². The number of aromatic amines is 1. The summed E-state index contributed by atoms with van der Waals surface area (Å²) in [5.74, 6) is -0.0963. The minimum absolute atomic E-state index is 0.0963. The third kappa shape index (κ3) is 2.87. The lowest BCUT2D eigenvalue weighted by atomic mass is 9.99. The van der Waals surface area contributed by atoms with Crippen molar-refractivity contribution in [1.82, 2.24) is 15.5 Å². The molecular weight excluding hydrogens is 178 g/mol. The second-order valence-electron chi connectivity index (χ2n) is 4.06. The first-order valence-corrected chi connectivity index (χ1v) is 4.87. The van der Waals surface area contributed by atoms with Gasteiger partial charge in [0.2, 0.25) is 0 Å². The van der Waals surface area contributed by atoms with Crippen LogP contribution in [0.5, 0.6) is 0 Å². The lowest BCUT2D eigenvalue weighted by molar-refractivity contribution is 0.0904. The Balaban J connectivity index is 2.57. The summed E-state index contributed by atoms with van der Waals surface area (Å²) in [6, 6.07) is 1.66. The maximum absolute atomic E-state index is 11.6. The highest BCUT2D eigenvalue weighted by molar-refractivity contribution is 5.92. The highest BCUT2D eigenvalue weighted by Crippen LogP contribution is 2.11. The van der Waals surface area contributed by atoms with Crippen LogP contribution in [-0.2, 0) is 0 Å². The van der Waals surface area contributed by atoms with Crippen molar-refractivity contribution in [1.29, 1.82) is 0 Å². The molecule has 0 saturated carbocycles. The monoisotopic (exact) mass is 195 g/mol. The third-order valence-corrected chi connectivity index (χ3v) is 2.07. The molecule has 0 fully saturated rings. The Morgan fingerprint density at radius 1 is 1.64 bits per heavy atom. The number of carbonyl (C=O) groups is 1. The van der Waals surface area contributed by atoms with Crippen LogP contribution in [0.1, 0.15) is 44.1 Å². The van der Waals surface area contributed by atoms with Gasteiger partial charge in [0, 0.05) is 11.7 Å². The number of nitrogens with zero attached hydrogens (tertiary/aromatic N) is 1. The normalized spacial score (nSPS) is 11.4. The zero-order valence-electron chi connectivity index (χ0n) is 8.92. The van der Waals surface area contributed by atoms with E-state index in [4.69, 9.17) is 0 Å². The number of carbonyl (C=O) groups excluding carboxylic acids is 1. The molecule has 4 heteroatoms. The van der Waals surface area contributed by atoms with Gasteiger partial charge in [-0.25, -0.2) is 0 Å². The van der Waals surface area contributed by atoms with Crippen molar-refractivity contribution in [3.8, 4) is 0 Å². The number of hydrogen-bond donors (Lipinski definition) is 2. The van der Waals surface area contributed by atoms with Crippen LogP contribution in [0.15, 0.2) is 12.3 Å². The van der Waals surface area contributed by atoms with Gasteiger partial charge in [0.15, 0.2) is 0 Å². The number of nitrogens with one attached hydrogen (secondary N) is 2. The van der Waals surface area contributed by atoms with E-state index in [1.54, 1.807) is 12.3 Å². The Bertz CT molecular complexity index is 290. The van der Waals surface area contributed by atoms with Gasteiger partial charge in [0.05, 0.1) is 0 Å². The zero-order chi connectivity index (χ0) is 10.6. The van der Waals surface area contributed by atoms with E-state index < -0.39 is 0 Å². The number of amides is 1. The van der Waals surface area contributed by atoms with E-state index in [1.807, 2.05) is 13.8 Å². The van der Waals surface area contributed by atoms with Gasteiger partial charge in [-0.05, 0) is 26.3 Å². The van der Waals surface area contributed by atoms with Gasteiger partial charge in [-0.2, -0.15) is 5.10 Å². The second kappa shape index (κ2) is 4.26. The average Bonchev–Trinajstić information content (AvgIpc) is 2.53. The van der Waals surface area contributed by atoms with Gasteiger partial charge in [-0.15, -0.1) is 0 Å². The molecule has 1 aromatic rings. The summed E-state index contributed by atoms with van der Waals surface area (Å²) in [5.41, 5.74) is 0.353. The van der Waals surface area contributed by atoms with Gasteiger partial charge in [-0.1, -0.05) is 13.3 Å². The van der Waals surface area contributed by atoms with Crippen molar-refractivity contribution in [3.63, 3.8) is 0 Å². The van der Waals surface area contributed by atoms with Crippen LogP contribution in [0.4, 0.5) is 0 Å². The van der Waals surface area contributed by atoms with Gasteiger partial charge in [0.1, 0.15) is 5.69 Å². The smallest absolute Gasteiger partial charge is 0.269 e. The first kappa shape index (κ1) is 10.8. The van der Waals surface area contributed by atoms with Crippen molar-refractivity contribution in [2.24, 2.45) is 0 Å². The SMILES string of the molecule is CCCC(C)(C)NC(=O)c1ccn[nH]1. The fraction of sp³-hybridized carbons (Fsp3) is 0.600. The Morgan fingerprint density at radius 3 is 2.86 bits per heavy atom. The van der Waals surface area contributed by atoms with Crippen LogP contribution < -0.4 is 5.32 Å². The molecule has 0 aliphatic heterocycles. The van der Waals surface area contributed by atoms with Gasteiger partial charge < -0.3 is 5.32 Å². The van der Waals surface area contributed by atoms with Crippen LogP contribution in [0.3, 0.4) is 0 Å². The van der Waals surface area contributed by atoms with Crippen LogP contribution >= 0.6 is 0 Å². The zero-order valence-corrected chi connectivity index (χ0v) is 8.92. The molecule has 0 unspecified atom stereocenters. The molecule has 1 aromatic heterocycles. The molecule has 0 bridgehead atoms. The summed E-state index contributed by atoms with van der Waals surface area (Å²) in [6.07, 6.45) is 3.59. The standard InChI is InChI=1S/C10H17N3O/c1-4-6-10(2,3)12-9(14)8-5-7-11-13-8/h5,7H,4,6H2,1-3H3,(H,11,13)(H,12,14). The van der Waals surface area contributed by atoms with Gasteiger partial charge >= 0.3 is 0 Å². The fourth-order valence-electron chi connectivity index (χ4n) is 1.44. The minimum atomic E-state index is -0.156. The maximum atomic E-state index is 11.6. The summed E-state index contributed by atoms with van der Waals surface area (Å²) in [7, 11) is 0. The van der Waals surface area contributed by atoms with E-state index in [-0.39, 0.29) is 11.4 Å². The number of aromatic nitrogens is 2. The van der Waals surface area contributed by atoms with Crippen LogP contribution in [-0.4, -0.2) is 21.6 Å². The summed E-state index contributed by atoms with van der Waals surface area (Å²) >= 11 is 0. The summed E-state index contributed by atoms with van der Waals surface area (Å²) in [4.78, 5) is 11.6. The first-order chi connectivity index (χ1) is 6.55. The lowest BCUT2D eigenvalue weighted by Crippen LogP contribution is -2.43. The molecule has 0 saturated heterocycles. The number of rotatable bonds is 4. The topological polar surface area (TPSA) is 57.8 Å². The molecule has 2 N–H and O–H groups in total. The molecule has 1 rings (SSSR count). The van der Waals surface area contributed by atoms with Crippen LogP contribution in [0.2, 0.25) is 0 Å². The number of H-pyrrole nitrogens is 1.